The molecule has 0 saturated carbocycles. The molecule has 0 aliphatic rings. The van der Waals surface area contributed by atoms with Crippen LogP contribution in [0.3, 0.4) is 0 Å². The van der Waals surface area contributed by atoms with Crippen LogP contribution in [0, 0.1) is 5.82 Å². The third kappa shape index (κ3) is 2.55. The molecule has 3 nitrogen and oxygen atoms in total. The molecule has 0 saturated heterocycles. The molecule has 5 heteroatoms. The lowest BCUT2D eigenvalue weighted by atomic mass is 10.0. The molecule has 108 valence electrons. The van der Waals surface area contributed by atoms with Crippen molar-refractivity contribution in [2.75, 3.05) is 7.11 Å². The van der Waals surface area contributed by atoms with Crippen molar-refractivity contribution in [3.63, 3.8) is 0 Å². The molecule has 0 radical (unpaired) electrons. The van der Waals surface area contributed by atoms with E-state index in [9.17, 15) is 4.39 Å². The van der Waals surface area contributed by atoms with Gasteiger partial charge in [0.1, 0.15) is 10.8 Å². The van der Waals surface area contributed by atoms with E-state index in [1.165, 1.54) is 17.4 Å². The Morgan fingerprint density at radius 1 is 1.19 bits per heavy atom. The van der Waals surface area contributed by atoms with Crippen LogP contribution in [-0.2, 0) is 17.9 Å². The maximum absolute atomic E-state index is 13.9. The van der Waals surface area contributed by atoms with Gasteiger partial charge in [-0.05, 0) is 17.5 Å². The van der Waals surface area contributed by atoms with E-state index >= 15 is 0 Å². The molecule has 2 N–H and O–H groups in total. The number of hydrogen-bond donors (Lipinski definition) is 1. The van der Waals surface area contributed by atoms with Crippen LogP contribution in [0.5, 0.6) is 0 Å². The molecule has 2 aromatic carbocycles. The maximum Gasteiger partial charge on any atom is 0.131 e. The highest BCUT2D eigenvalue weighted by atomic mass is 32.1. The number of hydrogen-bond acceptors (Lipinski definition) is 4. The van der Waals surface area contributed by atoms with Crippen molar-refractivity contribution < 1.29 is 9.13 Å². The van der Waals surface area contributed by atoms with Crippen LogP contribution >= 0.6 is 11.3 Å². The summed E-state index contributed by atoms with van der Waals surface area (Å²) in [7, 11) is 1.63. The molecule has 0 unspecified atom stereocenters. The lowest BCUT2D eigenvalue weighted by Gasteiger charge is -2.04. The molecule has 0 aliphatic heterocycles. The van der Waals surface area contributed by atoms with Crippen molar-refractivity contribution in [3.05, 3.63) is 52.8 Å². The largest absolute Gasteiger partial charge is 0.378 e. The van der Waals surface area contributed by atoms with E-state index in [1.807, 2.05) is 18.2 Å². The van der Waals surface area contributed by atoms with E-state index in [-0.39, 0.29) is 5.82 Å². The number of halogens is 1. The third-order valence-electron chi connectivity index (χ3n) is 3.35. The standard InChI is InChI=1S/C16H15FN2OS/c1-20-9-14-15(8-18)21-16(19-14)12-6-7-13(17)11-5-3-2-4-10(11)12/h2-7H,8-9,18H2,1H3. The Morgan fingerprint density at radius 3 is 2.67 bits per heavy atom. The van der Waals surface area contributed by atoms with Crippen LogP contribution in [0.15, 0.2) is 36.4 Å². The van der Waals surface area contributed by atoms with E-state index in [0.29, 0.717) is 18.5 Å². The number of thiazole rings is 1. The monoisotopic (exact) mass is 302 g/mol. The van der Waals surface area contributed by atoms with Gasteiger partial charge in [0.15, 0.2) is 0 Å². The van der Waals surface area contributed by atoms with E-state index in [2.05, 4.69) is 4.98 Å². The van der Waals surface area contributed by atoms with Crippen molar-refractivity contribution >= 4 is 22.1 Å². The summed E-state index contributed by atoms with van der Waals surface area (Å²) in [5.74, 6) is -0.220. The zero-order chi connectivity index (χ0) is 14.8. The lowest BCUT2D eigenvalue weighted by molar-refractivity contribution is 0.181. The first kappa shape index (κ1) is 14.1. The highest BCUT2D eigenvalue weighted by molar-refractivity contribution is 7.15. The van der Waals surface area contributed by atoms with Crippen LogP contribution < -0.4 is 5.73 Å². The highest BCUT2D eigenvalue weighted by Gasteiger charge is 2.14. The molecule has 1 heterocycles. The summed E-state index contributed by atoms with van der Waals surface area (Å²) in [6.07, 6.45) is 0. The molecule has 0 amide bonds. The van der Waals surface area contributed by atoms with Crippen LogP contribution in [0.1, 0.15) is 10.6 Å². The second-order valence-electron chi connectivity index (χ2n) is 4.67. The SMILES string of the molecule is COCc1nc(-c2ccc(F)c3ccccc23)sc1CN. The number of methoxy groups -OCH3 is 1. The Labute approximate surface area is 126 Å². The summed E-state index contributed by atoms with van der Waals surface area (Å²) in [5.41, 5.74) is 7.54. The summed E-state index contributed by atoms with van der Waals surface area (Å²) in [6.45, 7) is 0.859. The maximum atomic E-state index is 13.9. The second kappa shape index (κ2) is 5.89. The molecule has 0 bridgehead atoms. The van der Waals surface area contributed by atoms with Gasteiger partial charge in [-0.1, -0.05) is 24.3 Å². The highest BCUT2D eigenvalue weighted by Crippen LogP contribution is 2.34. The summed E-state index contributed by atoms with van der Waals surface area (Å²) in [6, 6.07) is 10.7. The number of aromatic nitrogens is 1. The van der Waals surface area contributed by atoms with Gasteiger partial charge in [-0.2, -0.15) is 0 Å². The van der Waals surface area contributed by atoms with Crippen LogP contribution in [0.2, 0.25) is 0 Å². The quantitative estimate of drug-likeness (QED) is 0.799. The molecular formula is C16H15FN2OS. The Kier molecular flexibility index (Phi) is 3.96. The predicted molar refractivity (Wildman–Crippen MR) is 83.6 cm³/mol. The van der Waals surface area contributed by atoms with Gasteiger partial charge in [0.2, 0.25) is 0 Å². The van der Waals surface area contributed by atoms with Crippen LogP contribution in [0.25, 0.3) is 21.3 Å². The minimum absolute atomic E-state index is 0.220. The van der Waals surface area contributed by atoms with E-state index in [0.717, 1.165) is 26.5 Å². The van der Waals surface area contributed by atoms with Crippen LogP contribution in [0.4, 0.5) is 4.39 Å². The van der Waals surface area contributed by atoms with Crippen molar-refractivity contribution in [1.82, 2.24) is 4.98 Å². The van der Waals surface area contributed by atoms with Gasteiger partial charge in [0.05, 0.1) is 12.3 Å². The molecule has 1 aromatic heterocycles. The van der Waals surface area contributed by atoms with Gasteiger partial charge < -0.3 is 10.5 Å². The number of benzene rings is 2. The predicted octanol–water partition coefficient (Wildman–Crippen LogP) is 3.71. The minimum Gasteiger partial charge on any atom is -0.378 e. The summed E-state index contributed by atoms with van der Waals surface area (Å²) in [5, 5.41) is 2.31. The molecule has 3 rings (SSSR count). The van der Waals surface area contributed by atoms with E-state index < -0.39 is 0 Å². The Balaban J connectivity index is 2.19. The fourth-order valence-corrected chi connectivity index (χ4v) is 3.34. The number of nitrogens with zero attached hydrogens (tertiary/aromatic N) is 1. The number of nitrogens with two attached hydrogens (primary N) is 1. The second-order valence-corrected chi connectivity index (χ2v) is 5.75. The number of fused-ring (bicyclic) bond motifs is 1. The van der Waals surface area contributed by atoms with Crippen molar-refractivity contribution in [1.29, 1.82) is 0 Å². The minimum atomic E-state index is -0.220. The number of ether oxygens (including phenoxy) is 1. The summed E-state index contributed by atoms with van der Waals surface area (Å²) < 4.78 is 19.1. The fourth-order valence-electron chi connectivity index (χ4n) is 2.36. The summed E-state index contributed by atoms with van der Waals surface area (Å²) in [4.78, 5) is 5.61. The normalized spacial score (nSPS) is 11.2. The van der Waals surface area contributed by atoms with Crippen molar-refractivity contribution in [2.24, 2.45) is 5.73 Å². The molecule has 0 spiro atoms. The molecule has 0 aliphatic carbocycles. The first-order valence-corrected chi connectivity index (χ1v) is 7.41. The first-order chi connectivity index (χ1) is 10.2. The Morgan fingerprint density at radius 2 is 1.95 bits per heavy atom. The van der Waals surface area contributed by atoms with Gasteiger partial charge in [-0.3, -0.25) is 0 Å². The third-order valence-corrected chi connectivity index (χ3v) is 4.50. The van der Waals surface area contributed by atoms with Gasteiger partial charge in [0, 0.05) is 29.5 Å². The van der Waals surface area contributed by atoms with E-state index in [4.69, 9.17) is 10.5 Å². The smallest absolute Gasteiger partial charge is 0.131 e. The van der Waals surface area contributed by atoms with Crippen molar-refractivity contribution in [2.45, 2.75) is 13.2 Å². The lowest BCUT2D eigenvalue weighted by Crippen LogP contribution is -1.99. The molecule has 3 aromatic rings. The number of rotatable bonds is 4. The van der Waals surface area contributed by atoms with Gasteiger partial charge in [0.25, 0.3) is 0 Å². The first-order valence-electron chi connectivity index (χ1n) is 6.59. The zero-order valence-electron chi connectivity index (χ0n) is 11.6. The topological polar surface area (TPSA) is 48.1 Å². The van der Waals surface area contributed by atoms with Crippen molar-refractivity contribution in [3.8, 4) is 10.6 Å². The van der Waals surface area contributed by atoms with Crippen LogP contribution in [-0.4, -0.2) is 12.1 Å². The molecule has 0 fully saturated rings. The average molecular weight is 302 g/mol. The zero-order valence-corrected chi connectivity index (χ0v) is 12.4. The summed E-state index contributed by atoms with van der Waals surface area (Å²) >= 11 is 1.53. The molecule has 0 atom stereocenters. The van der Waals surface area contributed by atoms with E-state index in [1.54, 1.807) is 19.2 Å². The van der Waals surface area contributed by atoms with Gasteiger partial charge >= 0.3 is 0 Å². The molecular weight excluding hydrogens is 287 g/mol. The average Bonchev–Trinajstić information content (AvgIpc) is 2.91. The van der Waals surface area contributed by atoms with Gasteiger partial charge in [-0.25, -0.2) is 9.37 Å². The Bertz CT molecular complexity index is 785. The Hall–Kier alpha value is -1.82. The fraction of sp³-hybridized carbons (Fsp3) is 0.188. The molecule has 21 heavy (non-hydrogen) atoms. The van der Waals surface area contributed by atoms with Gasteiger partial charge in [-0.15, -0.1) is 11.3 Å².